The Labute approximate surface area is 125 Å². The van der Waals surface area contributed by atoms with E-state index in [0.717, 1.165) is 10.2 Å². The van der Waals surface area contributed by atoms with E-state index in [1.54, 1.807) is 24.3 Å². The number of nitrogens with one attached hydrogen (secondary N) is 1. The maximum atomic E-state index is 11.8. The number of nitrogen functional groups attached to an aromatic ring is 1. The van der Waals surface area contributed by atoms with Crippen LogP contribution >= 0.6 is 11.3 Å². The zero-order chi connectivity index (χ0) is 14.7. The Morgan fingerprint density at radius 2 is 1.95 bits per heavy atom. The van der Waals surface area contributed by atoms with Crippen molar-refractivity contribution in [3.63, 3.8) is 0 Å². The SMILES string of the molecule is Nc1ccc(OCC(=O)Nc2nc3ccccc3s2)cc1. The largest absolute Gasteiger partial charge is 0.484 e. The van der Waals surface area contributed by atoms with Gasteiger partial charge in [-0.25, -0.2) is 4.98 Å². The van der Waals surface area contributed by atoms with Gasteiger partial charge in [0.2, 0.25) is 0 Å². The molecule has 106 valence electrons. The number of ether oxygens (including phenoxy) is 1. The quantitative estimate of drug-likeness (QED) is 0.726. The number of fused-ring (bicyclic) bond motifs is 1. The number of carbonyl (C=O) groups is 1. The van der Waals surface area contributed by atoms with E-state index in [2.05, 4.69) is 10.3 Å². The van der Waals surface area contributed by atoms with Gasteiger partial charge in [-0.1, -0.05) is 23.5 Å². The van der Waals surface area contributed by atoms with Gasteiger partial charge in [-0.3, -0.25) is 10.1 Å². The van der Waals surface area contributed by atoms with Gasteiger partial charge in [0.25, 0.3) is 5.91 Å². The summed E-state index contributed by atoms with van der Waals surface area (Å²) >= 11 is 1.43. The van der Waals surface area contributed by atoms with Gasteiger partial charge in [0.05, 0.1) is 10.2 Å². The molecule has 0 radical (unpaired) electrons. The minimum absolute atomic E-state index is 0.0696. The van der Waals surface area contributed by atoms with Gasteiger partial charge in [-0.05, 0) is 36.4 Å². The lowest BCUT2D eigenvalue weighted by Gasteiger charge is -2.05. The number of para-hydroxylation sites is 1. The fourth-order valence-electron chi connectivity index (χ4n) is 1.79. The van der Waals surface area contributed by atoms with E-state index < -0.39 is 0 Å². The van der Waals surface area contributed by atoms with Crippen LogP contribution < -0.4 is 15.8 Å². The molecule has 3 rings (SSSR count). The molecule has 0 bridgehead atoms. The minimum atomic E-state index is -0.245. The van der Waals surface area contributed by atoms with Gasteiger partial charge in [0.1, 0.15) is 5.75 Å². The predicted molar refractivity (Wildman–Crippen MR) is 84.6 cm³/mol. The molecule has 6 heteroatoms. The second-order valence-electron chi connectivity index (χ2n) is 4.39. The van der Waals surface area contributed by atoms with Crippen molar-refractivity contribution in [2.75, 3.05) is 17.7 Å². The molecule has 1 aromatic heterocycles. The molecule has 1 heterocycles. The van der Waals surface area contributed by atoms with Crippen LogP contribution in [0.1, 0.15) is 0 Å². The highest BCUT2D eigenvalue weighted by Crippen LogP contribution is 2.25. The van der Waals surface area contributed by atoms with E-state index in [4.69, 9.17) is 10.5 Å². The summed E-state index contributed by atoms with van der Waals surface area (Å²) in [7, 11) is 0. The van der Waals surface area contributed by atoms with Crippen LogP contribution in [0.4, 0.5) is 10.8 Å². The van der Waals surface area contributed by atoms with E-state index in [-0.39, 0.29) is 12.5 Å². The zero-order valence-electron chi connectivity index (χ0n) is 11.1. The molecule has 0 spiro atoms. The number of hydrogen-bond acceptors (Lipinski definition) is 5. The van der Waals surface area contributed by atoms with E-state index in [9.17, 15) is 4.79 Å². The van der Waals surface area contributed by atoms with E-state index in [1.165, 1.54) is 11.3 Å². The molecule has 0 saturated carbocycles. The van der Waals surface area contributed by atoms with Gasteiger partial charge in [-0.2, -0.15) is 0 Å². The fourth-order valence-corrected chi connectivity index (χ4v) is 2.68. The maximum Gasteiger partial charge on any atom is 0.264 e. The average molecular weight is 299 g/mol. The van der Waals surface area contributed by atoms with E-state index in [0.29, 0.717) is 16.6 Å². The summed E-state index contributed by atoms with van der Waals surface area (Å²) < 4.78 is 6.41. The lowest BCUT2D eigenvalue weighted by atomic mass is 10.3. The molecule has 5 nitrogen and oxygen atoms in total. The molecule has 3 N–H and O–H groups in total. The average Bonchev–Trinajstić information content (AvgIpc) is 2.88. The normalized spacial score (nSPS) is 10.5. The van der Waals surface area contributed by atoms with Crippen molar-refractivity contribution < 1.29 is 9.53 Å². The topological polar surface area (TPSA) is 77.2 Å². The Hall–Kier alpha value is -2.60. The number of nitrogens with two attached hydrogens (primary N) is 1. The monoisotopic (exact) mass is 299 g/mol. The summed E-state index contributed by atoms with van der Waals surface area (Å²) in [6.07, 6.45) is 0. The van der Waals surface area contributed by atoms with Gasteiger partial charge in [0, 0.05) is 5.69 Å². The third-order valence-electron chi connectivity index (χ3n) is 2.79. The van der Waals surface area contributed by atoms with Crippen LogP contribution in [-0.2, 0) is 4.79 Å². The summed E-state index contributed by atoms with van der Waals surface area (Å²) in [6, 6.07) is 14.6. The van der Waals surface area contributed by atoms with Crippen LogP contribution in [0.3, 0.4) is 0 Å². The summed E-state index contributed by atoms with van der Waals surface area (Å²) in [6.45, 7) is -0.0696. The standard InChI is InChI=1S/C15H13N3O2S/c16-10-5-7-11(8-6-10)20-9-14(19)18-15-17-12-3-1-2-4-13(12)21-15/h1-8H,9,16H2,(H,17,18,19). The highest BCUT2D eigenvalue weighted by molar-refractivity contribution is 7.22. The Morgan fingerprint density at radius 3 is 2.71 bits per heavy atom. The number of benzene rings is 2. The van der Waals surface area contributed by atoms with Crippen molar-refractivity contribution in [1.82, 2.24) is 4.98 Å². The van der Waals surface area contributed by atoms with Crippen molar-refractivity contribution >= 4 is 38.3 Å². The van der Waals surface area contributed by atoms with Crippen LogP contribution in [0.2, 0.25) is 0 Å². The first kappa shape index (κ1) is 13.4. The van der Waals surface area contributed by atoms with Crippen molar-refractivity contribution in [3.8, 4) is 5.75 Å². The van der Waals surface area contributed by atoms with Crippen LogP contribution in [0.5, 0.6) is 5.75 Å². The summed E-state index contributed by atoms with van der Waals surface area (Å²) in [5.41, 5.74) is 7.11. The molecule has 0 aliphatic rings. The Bertz CT molecular complexity index is 735. The molecule has 0 fully saturated rings. The van der Waals surface area contributed by atoms with E-state index in [1.807, 2.05) is 24.3 Å². The second-order valence-corrected chi connectivity index (χ2v) is 5.42. The first-order chi connectivity index (χ1) is 10.2. The lowest BCUT2D eigenvalue weighted by molar-refractivity contribution is -0.118. The van der Waals surface area contributed by atoms with Gasteiger partial charge >= 0.3 is 0 Å². The molecule has 0 unspecified atom stereocenters. The lowest BCUT2D eigenvalue weighted by Crippen LogP contribution is -2.19. The minimum Gasteiger partial charge on any atom is -0.484 e. The van der Waals surface area contributed by atoms with Crippen LogP contribution in [0.25, 0.3) is 10.2 Å². The molecule has 0 aliphatic heterocycles. The molecule has 0 saturated heterocycles. The van der Waals surface area contributed by atoms with Crippen LogP contribution in [-0.4, -0.2) is 17.5 Å². The molecular weight excluding hydrogens is 286 g/mol. The van der Waals surface area contributed by atoms with Crippen LogP contribution in [0, 0.1) is 0 Å². The predicted octanol–water partition coefficient (Wildman–Crippen LogP) is 2.90. The maximum absolute atomic E-state index is 11.8. The third-order valence-corrected chi connectivity index (χ3v) is 3.74. The molecule has 21 heavy (non-hydrogen) atoms. The number of rotatable bonds is 4. The van der Waals surface area contributed by atoms with Crippen molar-refractivity contribution in [2.45, 2.75) is 0 Å². The number of anilines is 2. The number of hydrogen-bond donors (Lipinski definition) is 2. The van der Waals surface area contributed by atoms with E-state index >= 15 is 0 Å². The molecule has 2 aromatic carbocycles. The summed E-state index contributed by atoms with van der Waals surface area (Å²) in [5, 5.41) is 3.30. The number of thiazole rings is 1. The van der Waals surface area contributed by atoms with Crippen LogP contribution in [0.15, 0.2) is 48.5 Å². The van der Waals surface area contributed by atoms with Crippen molar-refractivity contribution in [1.29, 1.82) is 0 Å². The molecule has 0 aliphatic carbocycles. The summed E-state index contributed by atoms with van der Waals surface area (Å²) in [4.78, 5) is 16.2. The third kappa shape index (κ3) is 3.29. The Kier molecular flexibility index (Phi) is 3.70. The number of amides is 1. The Balaban J connectivity index is 1.59. The first-order valence-corrected chi connectivity index (χ1v) is 7.16. The highest BCUT2D eigenvalue weighted by atomic mass is 32.1. The zero-order valence-corrected chi connectivity index (χ0v) is 11.9. The Morgan fingerprint density at radius 1 is 1.19 bits per heavy atom. The highest BCUT2D eigenvalue weighted by Gasteiger charge is 2.08. The smallest absolute Gasteiger partial charge is 0.264 e. The number of carbonyl (C=O) groups excluding carboxylic acids is 1. The first-order valence-electron chi connectivity index (χ1n) is 6.34. The molecule has 3 aromatic rings. The van der Waals surface area contributed by atoms with Gasteiger partial charge in [0.15, 0.2) is 11.7 Å². The van der Waals surface area contributed by atoms with Gasteiger partial charge in [-0.15, -0.1) is 0 Å². The summed E-state index contributed by atoms with van der Waals surface area (Å²) in [5.74, 6) is 0.356. The molecular formula is C15H13N3O2S. The number of aromatic nitrogens is 1. The van der Waals surface area contributed by atoms with Crippen molar-refractivity contribution in [2.24, 2.45) is 0 Å². The fraction of sp³-hybridized carbons (Fsp3) is 0.0667. The molecule has 1 amide bonds. The van der Waals surface area contributed by atoms with Gasteiger partial charge < -0.3 is 10.5 Å². The second kappa shape index (κ2) is 5.80. The van der Waals surface area contributed by atoms with Crippen molar-refractivity contribution in [3.05, 3.63) is 48.5 Å². The number of nitrogens with zero attached hydrogens (tertiary/aromatic N) is 1. The molecule has 0 atom stereocenters.